The van der Waals surface area contributed by atoms with E-state index in [0.717, 1.165) is 17.0 Å². The Morgan fingerprint density at radius 1 is 1.50 bits per heavy atom. The van der Waals surface area contributed by atoms with Crippen molar-refractivity contribution >= 4 is 21.3 Å². The number of rotatable bonds is 3. The number of fused-ring (bicyclic) bond motifs is 1. The molecule has 0 aliphatic carbocycles. The average Bonchev–Trinajstić information content (AvgIpc) is 2.65. The number of anilines is 1. The minimum Gasteiger partial charge on any atom is -0.293 e. The molecule has 1 aliphatic rings. The summed E-state index contributed by atoms with van der Waals surface area (Å²) in [5, 5.41) is 0. The standard InChI is InChI=1S/C15H19NOS/c1-5-8-13(3)18(4,17)16-12(2)11-14-9-6-7-10-15(14)16/h5-10,12H,1,4,11H2,2-3H3. The predicted molar refractivity (Wildman–Crippen MR) is 81.3 cm³/mol. The molecule has 2 unspecified atom stereocenters. The molecule has 0 amide bonds. The van der Waals surface area contributed by atoms with E-state index in [9.17, 15) is 4.21 Å². The molecular weight excluding hydrogens is 242 g/mol. The van der Waals surface area contributed by atoms with Crippen LogP contribution < -0.4 is 4.31 Å². The number of nitrogens with zero attached hydrogens (tertiary/aromatic N) is 1. The van der Waals surface area contributed by atoms with Crippen LogP contribution in [0.2, 0.25) is 0 Å². The van der Waals surface area contributed by atoms with Crippen LogP contribution in [0.1, 0.15) is 19.4 Å². The molecule has 3 heteroatoms. The van der Waals surface area contributed by atoms with Gasteiger partial charge >= 0.3 is 0 Å². The highest BCUT2D eigenvalue weighted by Crippen LogP contribution is 2.36. The van der Waals surface area contributed by atoms with Crippen LogP contribution in [0.4, 0.5) is 5.69 Å². The lowest BCUT2D eigenvalue weighted by Gasteiger charge is -2.29. The highest BCUT2D eigenvalue weighted by molar-refractivity contribution is 8.05. The number of allylic oxidation sites excluding steroid dienone is 3. The first-order chi connectivity index (χ1) is 8.48. The summed E-state index contributed by atoms with van der Waals surface area (Å²) in [6.07, 6.45) is 4.36. The number of hydrogen-bond donors (Lipinski definition) is 0. The van der Waals surface area contributed by atoms with Crippen molar-refractivity contribution in [3.63, 3.8) is 0 Å². The van der Waals surface area contributed by atoms with E-state index in [4.69, 9.17) is 0 Å². The first kappa shape index (κ1) is 13.0. The van der Waals surface area contributed by atoms with Crippen LogP contribution in [0, 0.1) is 0 Å². The maximum atomic E-state index is 13.0. The molecule has 0 saturated heterocycles. The van der Waals surface area contributed by atoms with Gasteiger partial charge in [-0.1, -0.05) is 30.9 Å². The molecule has 0 bridgehead atoms. The summed E-state index contributed by atoms with van der Waals surface area (Å²) in [6, 6.07) is 8.32. The van der Waals surface area contributed by atoms with Gasteiger partial charge in [0.1, 0.15) is 0 Å². The summed E-state index contributed by atoms with van der Waals surface area (Å²) in [7, 11) is -2.44. The molecule has 2 rings (SSSR count). The zero-order valence-electron chi connectivity index (χ0n) is 10.9. The number of benzene rings is 1. The smallest absolute Gasteiger partial charge is 0.0724 e. The lowest BCUT2D eigenvalue weighted by atomic mass is 10.1. The van der Waals surface area contributed by atoms with E-state index in [1.807, 2.05) is 29.4 Å². The zero-order chi connectivity index (χ0) is 13.3. The quantitative estimate of drug-likeness (QED) is 0.604. The SMILES string of the molecule is C=CC=C(C)S(=C)(=O)N1c2ccccc2CC1C. The van der Waals surface area contributed by atoms with E-state index < -0.39 is 9.71 Å². The van der Waals surface area contributed by atoms with Gasteiger partial charge in [-0.15, -0.1) is 0 Å². The van der Waals surface area contributed by atoms with Crippen molar-refractivity contribution in [3.8, 4) is 0 Å². The molecule has 1 aromatic rings. The van der Waals surface area contributed by atoms with Gasteiger partial charge in [-0.25, -0.2) is 4.21 Å². The predicted octanol–water partition coefficient (Wildman–Crippen LogP) is 3.16. The number of para-hydroxylation sites is 1. The maximum absolute atomic E-state index is 13.0. The maximum Gasteiger partial charge on any atom is 0.0724 e. The van der Waals surface area contributed by atoms with Gasteiger partial charge in [0.05, 0.1) is 15.4 Å². The Bertz CT molecular complexity index is 599. The minimum atomic E-state index is -2.44. The molecule has 0 N–H and O–H groups in total. The van der Waals surface area contributed by atoms with E-state index in [1.165, 1.54) is 5.56 Å². The molecule has 0 fully saturated rings. The first-order valence-corrected chi connectivity index (χ1v) is 7.70. The largest absolute Gasteiger partial charge is 0.293 e. The van der Waals surface area contributed by atoms with Crippen molar-refractivity contribution in [3.05, 3.63) is 53.5 Å². The molecule has 96 valence electrons. The second-order valence-electron chi connectivity index (χ2n) is 4.66. The Labute approximate surface area is 110 Å². The fraction of sp³-hybridized carbons (Fsp3) is 0.267. The summed E-state index contributed by atoms with van der Waals surface area (Å²) in [4.78, 5) is 0.765. The van der Waals surface area contributed by atoms with Crippen LogP contribution in [0.3, 0.4) is 0 Å². The first-order valence-electron chi connectivity index (χ1n) is 6.02. The molecule has 2 atom stereocenters. The van der Waals surface area contributed by atoms with Crippen LogP contribution in [0.25, 0.3) is 0 Å². The molecule has 2 nitrogen and oxygen atoms in total. The van der Waals surface area contributed by atoms with Gasteiger partial charge in [0.25, 0.3) is 0 Å². The lowest BCUT2D eigenvalue weighted by molar-refractivity contribution is 0.672. The van der Waals surface area contributed by atoms with Crippen molar-refractivity contribution in [1.82, 2.24) is 0 Å². The van der Waals surface area contributed by atoms with Crippen LogP contribution in [-0.2, 0) is 16.1 Å². The van der Waals surface area contributed by atoms with E-state index in [-0.39, 0.29) is 6.04 Å². The second-order valence-corrected chi connectivity index (χ2v) is 6.98. The molecule has 0 aromatic heterocycles. The molecule has 18 heavy (non-hydrogen) atoms. The van der Waals surface area contributed by atoms with Crippen LogP contribution >= 0.6 is 0 Å². The van der Waals surface area contributed by atoms with E-state index in [1.54, 1.807) is 12.2 Å². The third-order valence-corrected chi connectivity index (χ3v) is 5.65. The fourth-order valence-corrected chi connectivity index (χ4v) is 4.18. The highest BCUT2D eigenvalue weighted by Gasteiger charge is 2.31. The highest BCUT2D eigenvalue weighted by atomic mass is 32.2. The van der Waals surface area contributed by atoms with Gasteiger partial charge < -0.3 is 0 Å². The molecule has 1 heterocycles. The van der Waals surface area contributed by atoms with E-state index in [2.05, 4.69) is 25.4 Å². The van der Waals surface area contributed by atoms with Crippen molar-refractivity contribution in [1.29, 1.82) is 0 Å². The van der Waals surface area contributed by atoms with E-state index >= 15 is 0 Å². The van der Waals surface area contributed by atoms with Crippen molar-refractivity contribution in [2.24, 2.45) is 0 Å². The fourth-order valence-electron chi connectivity index (χ4n) is 2.41. The monoisotopic (exact) mass is 261 g/mol. The molecule has 1 aliphatic heterocycles. The summed E-state index contributed by atoms with van der Waals surface area (Å²) in [5.74, 6) is 3.96. The van der Waals surface area contributed by atoms with Crippen LogP contribution in [0.5, 0.6) is 0 Å². The Morgan fingerprint density at radius 2 is 2.17 bits per heavy atom. The second kappa shape index (κ2) is 4.65. The summed E-state index contributed by atoms with van der Waals surface area (Å²) >= 11 is 0. The topological polar surface area (TPSA) is 20.3 Å². The molecule has 0 spiro atoms. The summed E-state index contributed by atoms with van der Waals surface area (Å²) in [5.41, 5.74) is 2.29. The third-order valence-electron chi connectivity index (χ3n) is 3.32. The van der Waals surface area contributed by atoms with Crippen molar-refractivity contribution in [2.45, 2.75) is 26.3 Å². The van der Waals surface area contributed by atoms with Crippen molar-refractivity contribution < 1.29 is 4.21 Å². The summed E-state index contributed by atoms with van der Waals surface area (Å²) in [6.45, 7) is 7.60. The van der Waals surface area contributed by atoms with Crippen molar-refractivity contribution in [2.75, 3.05) is 4.31 Å². The van der Waals surface area contributed by atoms with Gasteiger partial charge in [0, 0.05) is 10.9 Å². The third kappa shape index (κ3) is 1.99. The van der Waals surface area contributed by atoms with Crippen LogP contribution in [-0.4, -0.2) is 16.1 Å². The molecule has 1 aromatic carbocycles. The summed E-state index contributed by atoms with van der Waals surface area (Å²) < 4.78 is 14.9. The van der Waals surface area contributed by atoms with Gasteiger partial charge in [-0.2, -0.15) is 0 Å². The Hall–Kier alpha value is -1.48. The van der Waals surface area contributed by atoms with E-state index in [0.29, 0.717) is 0 Å². The van der Waals surface area contributed by atoms with Gasteiger partial charge in [-0.3, -0.25) is 4.31 Å². The average molecular weight is 261 g/mol. The van der Waals surface area contributed by atoms with Gasteiger partial charge in [-0.05, 0) is 43.8 Å². The number of hydrogen-bond acceptors (Lipinski definition) is 1. The van der Waals surface area contributed by atoms with Gasteiger partial charge in [0.15, 0.2) is 0 Å². The minimum absolute atomic E-state index is 0.209. The molecular formula is C15H19NOS. The molecule has 0 radical (unpaired) electrons. The molecule has 0 saturated carbocycles. The van der Waals surface area contributed by atoms with Gasteiger partial charge in [0.2, 0.25) is 0 Å². The van der Waals surface area contributed by atoms with Crippen LogP contribution in [0.15, 0.2) is 47.9 Å². The Morgan fingerprint density at radius 3 is 2.83 bits per heavy atom. The lowest BCUT2D eigenvalue weighted by Crippen LogP contribution is -2.35. The zero-order valence-corrected chi connectivity index (χ0v) is 11.7. The Kier molecular flexibility index (Phi) is 3.35. The Balaban J connectivity index is 2.52. The normalized spacial score (nSPS) is 22.4.